The van der Waals surface area contributed by atoms with Gasteiger partial charge >= 0.3 is 5.69 Å². The molecule has 31 heavy (non-hydrogen) atoms. The topological polar surface area (TPSA) is 103 Å². The molecule has 2 aromatic carbocycles. The molecule has 0 saturated heterocycles. The van der Waals surface area contributed by atoms with Crippen molar-refractivity contribution in [3.63, 3.8) is 0 Å². The van der Waals surface area contributed by atoms with Gasteiger partial charge < -0.3 is 14.8 Å². The Hall–Kier alpha value is -3.78. The van der Waals surface area contributed by atoms with Gasteiger partial charge in [-0.2, -0.15) is 0 Å². The minimum Gasteiger partial charge on any atom is -0.495 e. The summed E-state index contributed by atoms with van der Waals surface area (Å²) in [4.78, 5) is 33.5. The molecule has 8 nitrogen and oxygen atoms in total. The van der Waals surface area contributed by atoms with Crippen LogP contribution in [-0.2, 0) is 6.42 Å². The van der Waals surface area contributed by atoms with Crippen molar-refractivity contribution >= 4 is 10.9 Å². The molecule has 0 spiro atoms. The summed E-state index contributed by atoms with van der Waals surface area (Å²) in [5, 5.41) is 12.3. The first-order chi connectivity index (χ1) is 15.0. The Labute approximate surface area is 177 Å². The Bertz CT molecular complexity index is 1420. The van der Waals surface area contributed by atoms with Crippen molar-refractivity contribution in [2.75, 3.05) is 20.7 Å². The van der Waals surface area contributed by atoms with Gasteiger partial charge in [0, 0.05) is 23.1 Å². The van der Waals surface area contributed by atoms with Crippen molar-refractivity contribution in [1.29, 1.82) is 0 Å². The molecule has 8 heteroatoms. The molecule has 0 saturated carbocycles. The number of rotatable bonds is 3. The first-order valence-corrected chi connectivity index (χ1v) is 10.0. The van der Waals surface area contributed by atoms with Gasteiger partial charge in [-0.25, -0.2) is 9.36 Å². The quantitative estimate of drug-likeness (QED) is 0.474. The summed E-state index contributed by atoms with van der Waals surface area (Å²) in [5.41, 5.74) is 2.05. The van der Waals surface area contributed by atoms with Crippen molar-refractivity contribution in [3.05, 3.63) is 86.2 Å². The zero-order valence-electron chi connectivity index (χ0n) is 17.2. The van der Waals surface area contributed by atoms with Crippen molar-refractivity contribution in [2.45, 2.75) is 12.5 Å². The van der Waals surface area contributed by atoms with Crippen LogP contribution in [0.3, 0.4) is 0 Å². The van der Waals surface area contributed by atoms with Gasteiger partial charge in [0.05, 0.1) is 18.8 Å². The number of nitrogens with zero attached hydrogens (tertiary/aromatic N) is 2. The maximum atomic E-state index is 13.0. The molecular formula is C23H22N4O4. The van der Waals surface area contributed by atoms with E-state index in [9.17, 15) is 14.7 Å². The Morgan fingerprint density at radius 2 is 1.81 bits per heavy atom. The fraction of sp³-hybridized carbons (Fsp3) is 0.217. The fourth-order valence-electron chi connectivity index (χ4n) is 4.55. The van der Waals surface area contributed by atoms with Crippen LogP contribution in [0.25, 0.3) is 16.6 Å². The standard InChI is InChI=1S/C23H22N4O4/c1-26-12-11-14-13-7-3-4-8-15(13)24-19(14)20(26)18-21(28)25-23(30)27(22(18)29)16-9-5-6-10-17(16)31-2/h3-10,20,24,29H,11-12H2,1-2H3,(H,25,28,30)/t20-/m0/s1. The van der Waals surface area contributed by atoms with Crippen LogP contribution in [0, 0.1) is 0 Å². The smallest absolute Gasteiger partial charge is 0.335 e. The summed E-state index contributed by atoms with van der Waals surface area (Å²) in [6.45, 7) is 0.701. The van der Waals surface area contributed by atoms with Crippen LogP contribution >= 0.6 is 0 Å². The van der Waals surface area contributed by atoms with E-state index in [4.69, 9.17) is 4.74 Å². The highest BCUT2D eigenvalue weighted by atomic mass is 16.5. The van der Waals surface area contributed by atoms with Crippen LogP contribution in [-0.4, -0.2) is 45.2 Å². The number of benzene rings is 2. The van der Waals surface area contributed by atoms with Crippen molar-refractivity contribution < 1.29 is 9.84 Å². The zero-order valence-corrected chi connectivity index (χ0v) is 17.2. The molecule has 1 atom stereocenters. The maximum absolute atomic E-state index is 13.0. The van der Waals surface area contributed by atoms with E-state index in [-0.39, 0.29) is 5.56 Å². The van der Waals surface area contributed by atoms with Gasteiger partial charge in [0.2, 0.25) is 5.88 Å². The minimum atomic E-state index is -0.730. The molecular weight excluding hydrogens is 396 g/mol. The van der Waals surface area contributed by atoms with Gasteiger partial charge in [0.1, 0.15) is 11.3 Å². The number of aromatic amines is 2. The average molecular weight is 418 g/mol. The number of likely N-dealkylation sites (N-methyl/N-ethyl adjacent to an activating group) is 1. The molecule has 158 valence electrons. The highest BCUT2D eigenvalue weighted by Gasteiger charge is 2.35. The number of methoxy groups -OCH3 is 1. The Morgan fingerprint density at radius 3 is 2.61 bits per heavy atom. The zero-order chi connectivity index (χ0) is 21.7. The lowest BCUT2D eigenvalue weighted by atomic mass is 9.94. The summed E-state index contributed by atoms with van der Waals surface area (Å²) < 4.78 is 6.45. The third kappa shape index (κ3) is 2.87. The Balaban J connectivity index is 1.79. The minimum absolute atomic E-state index is 0.112. The number of aromatic hydroxyl groups is 1. The predicted molar refractivity (Wildman–Crippen MR) is 117 cm³/mol. The van der Waals surface area contributed by atoms with E-state index in [1.54, 1.807) is 24.3 Å². The Kier molecular flexibility index (Phi) is 4.44. The molecule has 0 amide bonds. The van der Waals surface area contributed by atoms with Gasteiger partial charge in [0.25, 0.3) is 5.56 Å². The number of fused-ring (bicyclic) bond motifs is 3. The highest BCUT2D eigenvalue weighted by molar-refractivity contribution is 5.85. The summed E-state index contributed by atoms with van der Waals surface area (Å²) >= 11 is 0. The lowest BCUT2D eigenvalue weighted by Crippen LogP contribution is -2.39. The molecule has 0 bridgehead atoms. The molecule has 0 fully saturated rings. The largest absolute Gasteiger partial charge is 0.495 e. The molecule has 4 aromatic rings. The molecule has 0 unspecified atom stereocenters. The lowest BCUT2D eigenvalue weighted by molar-refractivity contribution is 0.251. The van der Waals surface area contributed by atoms with Crippen LogP contribution < -0.4 is 16.0 Å². The summed E-state index contributed by atoms with van der Waals surface area (Å²) in [6.07, 6.45) is 0.817. The van der Waals surface area contributed by atoms with E-state index in [1.165, 1.54) is 7.11 Å². The number of hydrogen-bond acceptors (Lipinski definition) is 5. The summed E-state index contributed by atoms with van der Waals surface area (Å²) in [5.74, 6) is 0.00260. The maximum Gasteiger partial charge on any atom is 0.335 e. The monoisotopic (exact) mass is 418 g/mol. The fourth-order valence-corrected chi connectivity index (χ4v) is 4.55. The van der Waals surface area contributed by atoms with Crippen LogP contribution in [0.15, 0.2) is 58.1 Å². The molecule has 3 heterocycles. The van der Waals surface area contributed by atoms with Crippen LogP contribution in [0.4, 0.5) is 0 Å². The third-order valence-electron chi connectivity index (χ3n) is 6.00. The predicted octanol–water partition coefficient (Wildman–Crippen LogP) is 2.30. The second-order valence-electron chi connectivity index (χ2n) is 7.70. The van der Waals surface area contributed by atoms with E-state index < -0.39 is 23.2 Å². The van der Waals surface area contributed by atoms with Crippen molar-refractivity contribution in [1.82, 2.24) is 19.4 Å². The van der Waals surface area contributed by atoms with Gasteiger partial charge in [0.15, 0.2) is 0 Å². The number of aromatic nitrogens is 3. The third-order valence-corrected chi connectivity index (χ3v) is 6.00. The molecule has 1 aliphatic heterocycles. The molecule has 1 aliphatic rings. The van der Waals surface area contributed by atoms with Crippen LogP contribution in [0.1, 0.15) is 22.9 Å². The highest BCUT2D eigenvalue weighted by Crippen LogP contribution is 2.39. The molecule has 3 N–H and O–H groups in total. The summed E-state index contributed by atoms with van der Waals surface area (Å²) in [7, 11) is 3.38. The number of para-hydroxylation sites is 3. The van der Waals surface area contributed by atoms with Crippen LogP contribution in [0.5, 0.6) is 11.6 Å². The average Bonchev–Trinajstić information content (AvgIpc) is 3.14. The molecule has 0 aliphatic carbocycles. The van der Waals surface area contributed by atoms with E-state index in [0.29, 0.717) is 18.0 Å². The first-order valence-electron chi connectivity index (χ1n) is 10.0. The van der Waals surface area contributed by atoms with E-state index in [1.807, 2.05) is 36.2 Å². The van der Waals surface area contributed by atoms with Gasteiger partial charge in [-0.15, -0.1) is 0 Å². The number of hydrogen-bond donors (Lipinski definition) is 3. The van der Waals surface area contributed by atoms with Crippen molar-refractivity contribution in [2.24, 2.45) is 0 Å². The summed E-state index contributed by atoms with van der Waals surface area (Å²) in [6, 6.07) is 14.3. The number of nitrogens with one attached hydrogen (secondary N) is 2. The number of H-pyrrole nitrogens is 2. The first kappa shape index (κ1) is 19.2. The lowest BCUT2D eigenvalue weighted by Gasteiger charge is -2.33. The molecule has 2 aromatic heterocycles. The van der Waals surface area contributed by atoms with E-state index in [0.717, 1.165) is 33.1 Å². The van der Waals surface area contributed by atoms with Gasteiger partial charge in [-0.3, -0.25) is 14.7 Å². The second-order valence-corrected chi connectivity index (χ2v) is 7.70. The van der Waals surface area contributed by atoms with E-state index in [2.05, 4.69) is 9.97 Å². The van der Waals surface area contributed by atoms with Gasteiger partial charge in [-0.1, -0.05) is 30.3 Å². The van der Waals surface area contributed by atoms with Crippen molar-refractivity contribution in [3.8, 4) is 17.3 Å². The normalized spacial score (nSPS) is 16.4. The SMILES string of the molecule is COc1ccccc1-n1c(O)c([C@H]2c3[nH]c4ccccc4c3CCN2C)c(=O)[nH]c1=O. The van der Waals surface area contributed by atoms with E-state index >= 15 is 0 Å². The number of ether oxygens (including phenoxy) is 1. The Morgan fingerprint density at radius 1 is 1.06 bits per heavy atom. The molecule has 5 rings (SSSR count). The van der Waals surface area contributed by atoms with Crippen LogP contribution in [0.2, 0.25) is 0 Å². The second kappa shape index (κ2) is 7.17. The molecule has 0 radical (unpaired) electrons. The van der Waals surface area contributed by atoms with Gasteiger partial charge in [-0.05, 0) is 37.2 Å².